The highest BCUT2D eigenvalue weighted by Crippen LogP contribution is 2.44. The Hall–Kier alpha value is -0.220. The fourth-order valence-electron chi connectivity index (χ4n) is 2.60. The van der Waals surface area contributed by atoms with E-state index in [2.05, 4.69) is 37.9 Å². The molecular weight excluding hydrogens is 232 g/mol. The summed E-state index contributed by atoms with van der Waals surface area (Å²) < 4.78 is 0. The van der Waals surface area contributed by atoms with Gasteiger partial charge in [0.25, 0.3) is 0 Å². The lowest BCUT2D eigenvalue weighted by atomic mass is 10.1. The first-order valence-electron chi connectivity index (χ1n) is 6.70. The summed E-state index contributed by atoms with van der Waals surface area (Å²) in [7, 11) is 0. The van der Waals surface area contributed by atoms with Crippen molar-refractivity contribution in [2.24, 2.45) is 5.92 Å². The van der Waals surface area contributed by atoms with Crippen LogP contribution in [-0.2, 0) is 4.79 Å². The molecular formula is C13H24N2OS. The minimum Gasteiger partial charge on any atom is -0.322 e. The molecule has 3 nitrogen and oxygen atoms in total. The van der Waals surface area contributed by atoms with Gasteiger partial charge in [0, 0.05) is 11.8 Å². The highest BCUT2D eigenvalue weighted by Gasteiger charge is 2.60. The molecule has 0 aromatic rings. The Bertz CT molecular complexity index is 302. The van der Waals surface area contributed by atoms with Crippen molar-refractivity contribution in [3.8, 4) is 0 Å². The summed E-state index contributed by atoms with van der Waals surface area (Å²) in [5.41, 5.74) is -0.167. The van der Waals surface area contributed by atoms with E-state index in [0.717, 1.165) is 24.3 Å². The van der Waals surface area contributed by atoms with Crippen molar-refractivity contribution in [3.63, 3.8) is 0 Å². The Morgan fingerprint density at radius 3 is 2.59 bits per heavy atom. The number of nitrogens with one attached hydrogen (secondary N) is 1. The normalized spacial score (nSPS) is 28.2. The molecule has 1 aliphatic carbocycles. The zero-order valence-electron chi connectivity index (χ0n) is 11.3. The lowest BCUT2D eigenvalue weighted by Gasteiger charge is -2.32. The molecule has 4 heteroatoms. The Morgan fingerprint density at radius 1 is 1.47 bits per heavy atom. The van der Waals surface area contributed by atoms with Crippen LogP contribution in [0, 0.1) is 5.92 Å². The van der Waals surface area contributed by atoms with Crippen molar-refractivity contribution in [1.29, 1.82) is 0 Å². The Labute approximate surface area is 109 Å². The monoisotopic (exact) mass is 256 g/mol. The molecule has 2 atom stereocenters. The quantitative estimate of drug-likeness (QED) is 0.817. The Morgan fingerprint density at radius 2 is 2.12 bits per heavy atom. The van der Waals surface area contributed by atoms with E-state index in [1.54, 1.807) is 0 Å². The molecule has 2 rings (SSSR count). The van der Waals surface area contributed by atoms with Crippen LogP contribution in [0.4, 0.5) is 0 Å². The van der Waals surface area contributed by atoms with E-state index >= 15 is 0 Å². The average Bonchev–Trinajstić information content (AvgIpc) is 2.99. The van der Waals surface area contributed by atoms with E-state index in [4.69, 9.17) is 0 Å². The zero-order valence-corrected chi connectivity index (χ0v) is 12.1. The molecule has 1 heterocycles. The van der Waals surface area contributed by atoms with Crippen LogP contribution in [0.1, 0.15) is 40.5 Å². The molecule has 2 aliphatic rings. The van der Waals surface area contributed by atoms with Crippen molar-refractivity contribution in [3.05, 3.63) is 0 Å². The summed E-state index contributed by atoms with van der Waals surface area (Å²) in [5, 5.41) is 3.57. The molecule has 1 aliphatic heterocycles. The predicted octanol–water partition coefficient (Wildman–Crippen LogP) is 2.07. The first-order chi connectivity index (χ1) is 8.02. The Kier molecular flexibility index (Phi) is 3.74. The summed E-state index contributed by atoms with van der Waals surface area (Å²) in [4.78, 5) is 14.6. The molecule has 1 saturated heterocycles. The van der Waals surface area contributed by atoms with Crippen molar-refractivity contribution in [1.82, 2.24) is 10.2 Å². The first kappa shape index (κ1) is 13.2. The van der Waals surface area contributed by atoms with Crippen LogP contribution in [0.25, 0.3) is 0 Å². The second-order valence-corrected chi connectivity index (χ2v) is 6.96. The van der Waals surface area contributed by atoms with Crippen LogP contribution >= 0.6 is 11.8 Å². The topological polar surface area (TPSA) is 32.3 Å². The van der Waals surface area contributed by atoms with Gasteiger partial charge in [-0.25, -0.2) is 0 Å². The van der Waals surface area contributed by atoms with E-state index < -0.39 is 0 Å². The molecule has 2 fully saturated rings. The van der Waals surface area contributed by atoms with Gasteiger partial charge in [-0.15, -0.1) is 0 Å². The van der Waals surface area contributed by atoms with E-state index in [-0.39, 0.29) is 11.7 Å². The van der Waals surface area contributed by atoms with Crippen LogP contribution in [0.3, 0.4) is 0 Å². The van der Waals surface area contributed by atoms with Gasteiger partial charge in [0.05, 0.1) is 11.7 Å². The molecule has 0 aromatic carbocycles. The SMILES string of the molecule is CCSCC(C)N1C(=O)C2(CC2)NC1C(C)C. The van der Waals surface area contributed by atoms with Gasteiger partial charge in [0.2, 0.25) is 5.91 Å². The minimum atomic E-state index is -0.167. The van der Waals surface area contributed by atoms with Crippen LogP contribution in [0.15, 0.2) is 0 Å². The molecule has 0 radical (unpaired) electrons. The smallest absolute Gasteiger partial charge is 0.244 e. The maximum absolute atomic E-state index is 12.5. The van der Waals surface area contributed by atoms with Gasteiger partial charge in [0.1, 0.15) is 0 Å². The second-order valence-electron chi connectivity index (χ2n) is 5.64. The molecule has 0 bridgehead atoms. The van der Waals surface area contributed by atoms with Crippen molar-refractivity contribution in [2.45, 2.75) is 58.3 Å². The molecule has 1 amide bonds. The van der Waals surface area contributed by atoms with Crippen molar-refractivity contribution in [2.75, 3.05) is 11.5 Å². The molecule has 17 heavy (non-hydrogen) atoms. The highest BCUT2D eigenvalue weighted by atomic mass is 32.2. The van der Waals surface area contributed by atoms with Crippen molar-refractivity contribution >= 4 is 17.7 Å². The van der Waals surface area contributed by atoms with Gasteiger partial charge < -0.3 is 4.90 Å². The maximum Gasteiger partial charge on any atom is 0.244 e. The number of carbonyl (C=O) groups excluding carboxylic acids is 1. The Balaban J connectivity index is 2.08. The number of hydrogen-bond donors (Lipinski definition) is 1. The summed E-state index contributed by atoms with van der Waals surface area (Å²) in [6.07, 6.45) is 2.29. The molecule has 1 saturated carbocycles. The summed E-state index contributed by atoms with van der Waals surface area (Å²) in [6.45, 7) is 8.74. The largest absolute Gasteiger partial charge is 0.322 e. The van der Waals surface area contributed by atoms with E-state index in [1.165, 1.54) is 0 Å². The maximum atomic E-state index is 12.5. The van der Waals surface area contributed by atoms with E-state index in [0.29, 0.717) is 17.9 Å². The van der Waals surface area contributed by atoms with Gasteiger partial charge in [-0.2, -0.15) is 11.8 Å². The predicted molar refractivity (Wildman–Crippen MR) is 73.0 cm³/mol. The summed E-state index contributed by atoms with van der Waals surface area (Å²) in [5.74, 6) is 2.99. The standard InChI is InChI=1S/C13H24N2OS/c1-5-17-8-10(4)15-11(9(2)3)14-13(6-7-13)12(15)16/h9-11,14H,5-8H2,1-4H3. The van der Waals surface area contributed by atoms with Gasteiger partial charge in [-0.1, -0.05) is 20.8 Å². The lowest BCUT2D eigenvalue weighted by Crippen LogP contribution is -2.47. The number of rotatable bonds is 5. The third-order valence-corrected chi connectivity index (χ3v) is 4.91. The van der Waals surface area contributed by atoms with E-state index in [1.807, 2.05) is 11.8 Å². The molecule has 1 N–H and O–H groups in total. The average molecular weight is 256 g/mol. The third-order valence-electron chi connectivity index (χ3n) is 3.79. The van der Waals surface area contributed by atoms with Gasteiger partial charge in [-0.05, 0) is 31.4 Å². The fraction of sp³-hybridized carbons (Fsp3) is 0.923. The van der Waals surface area contributed by atoms with Gasteiger partial charge in [0.15, 0.2) is 0 Å². The molecule has 98 valence electrons. The second kappa shape index (κ2) is 4.81. The highest BCUT2D eigenvalue weighted by molar-refractivity contribution is 7.99. The van der Waals surface area contributed by atoms with Crippen LogP contribution in [0.5, 0.6) is 0 Å². The molecule has 1 spiro atoms. The number of hydrogen-bond acceptors (Lipinski definition) is 3. The molecule has 0 aromatic heterocycles. The molecule has 2 unspecified atom stereocenters. The third kappa shape index (κ3) is 2.34. The number of nitrogens with zero attached hydrogens (tertiary/aromatic N) is 1. The van der Waals surface area contributed by atoms with Crippen molar-refractivity contribution < 1.29 is 4.79 Å². The van der Waals surface area contributed by atoms with Crippen LogP contribution in [-0.4, -0.2) is 40.1 Å². The number of amides is 1. The van der Waals surface area contributed by atoms with Gasteiger partial charge >= 0.3 is 0 Å². The lowest BCUT2D eigenvalue weighted by molar-refractivity contribution is -0.132. The zero-order chi connectivity index (χ0) is 12.6. The first-order valence-corrected chi connectivity index (χ1v) is 7.85. The number of carbonyl (C=O) groups is 1. The van der Waals surface area contributed by atoms with Crippen LogP contribution in [0.2, 0.25) is 0 Å². The van der Waals surface area contributed by atoms with Crippen LogP contribution < -0.4 is 5.32 Å². The minimum absolute atomic E-state index is 0.167. The fourth-order valence-corrected chi connectivity index (χ4v) is 3.34. The number of thioether (sulfide) groups is 1. The van der Waals surface area contributed by atoms with Gasteiger partial charge in [-0.3, -0.25) is 10.1 Å². The summed E-state index contributed by atoms with van der Waals surface area (Å²) >= 11 is 1.92. The summed E-state index contributed by atoms with van der Waals surface area (Å²) in [6, 6.07) is 0.340. The van der Waals surface area contributed by atoms with E-state index in [9.17, 15) is 4.79 Å².